The number of hydrogen-bond donors (Lipinski definition) is 1. The molecule has 2 rings (SSSR count). The number of ether oxygens (including phenoxy) is 1. The van der Waals surface area contributed by atoms with Gasteiger partial charge in [0.25, 0.3) is 5.91 Å². The lowest BCUT2D eigenvalue weighted by Crippen LogP contribution is -2.43. The second kappa shape index (κ2) is 8.78. The van der Waals surface area contributed by atoms with Gasteiger partial charge >= 0.3 is 5.97 Å². The molecule has 1 atom stereocenters. The van der Waals surface area contributed by atoms with E-state index < -0.39 is 18.6 Å². The molecule has 1 aliphatic rings. The predicted molar refractivity (Wildman–Crippen MR) is 86.9 cm³/mol. The van der Waals surface area contributed by atoms with Gasteiger partial charge in [-0.3, -0.25) is 9.59 Å². The Morgan fingerprint density at radius 3 is 2.46 bits per heavy atom. The molecule has 1 aliphatic carbocycles. The molecule has 132 valence electrons. The number of benzene rings is 1. The highest BCUT2D eigenvalue weighted by Gasteiger charge is 2.29. The lowest BCUT2D eigenvalue weighted by atomic mass is 10.1. The Bertz CT molecular complexity index is 555. The van der Waals surface area contributed by atoms with Gasteiger partial charge in [0.05, 0.1) is 6.10 Å². The molecule has 0 radical (unpaired) electrons. The van der Waals surface area contributed by atoms with Crippen molar-refractivity contribution < 1.29 is 23.8 Å². The van der Waals surface area contributed by atoms with Crippen LogP contribution in [-0.2, 0) is 20.9 Å². The Labute approximate surface area is 141 Å². The molecule has 0 spiro atoms. The fourth-order valence-electron chi connectivity index (χ4n) is 2.97. The van der Waals surface area contributed by atoms with E-state index in [-0.39, 0.29) is 24.4 Å². The summed E-state index contributed by atoms with van der Waals surface area (Å²) in [5, 5.41) is 9.10. The SMILES string of the molecule is CCC(OC1CCCC1)C(=O)N(CC(=O)O)Cc1ccc(F)cc1. The zero-order valence-electron chi connectivity index (χ0n) is 13.9. The fourth-order valence-corrected chi connectivity index (χ4v) is 2.97. The Morgan fingerprint density at radius 1 is 1.29 bits per heavy atom. The Morgan fingerprint density at radius 2 is 1.92 bits per heavy atom. The van der Waals surface area contributed by atoms with Gasteiger partial charge in [-0.2, -0.15) is 0 Å². The lowest BCUT2D eigenvalue weighted by Gasteiger charge is -2.27. The third-order valence-electron chi connectivity index (χ3n) is 4.23. The topological polar surface area (TPSA) is 66.8 Å². The lowest BCUT2D eigenvalue weighted by molar-refractivity contribution is -0.154. The van der Waals surface area contributed by atoms with Crippen molar-refractivity contribution >= 4 is 11.9 Å². The van der Waals surface area contributed by atoms with Gasteiger partial charge in [0.15, 0.2) is 0 Å². The molecule has 1 saturated carbocycles. The summed E-state index contributed by atoms with van der Waals surface area (Å²) in [7, 11) is 0. The number of hydrogen-bond acceptors (Lipinski definition) is 3. The summed E-state index contributed by atoms with van der Waals surface area (Å²) < 4.78 is 18.9. The van der Waals surface area contributed by atoms with E-state index in [0.717, 1.165) is 25.7 Å². The van der Waals surface area contributed by atoms with E-state index in [1.54, 1.807) is 12.1 Å². The number of nitrogens with zero attached hydrogens (tertiary/aromatic N) is 1. The molecule has 1 aromatic carbocycles. The number of carbonyl (C=O) groups is 2. The summed E-state index contributed by atoms with van der Waals surface area (Å²) in [6.45, 7) is 1.57. The number of rotatable bonds is 8. The van der Waals surface area contributed by atoms with E-state index in [0.29, 0.717) is 12.0 Å². The Balaban J connectivity index is 2.07. The zero-order chi connectivity index (χ0) is 17.5. The quantitative estimate of drug-likeness (QED) is 0.792. The van der Waals surface area contributed by atoms with Crippen LogP contribution in [0.1, 0.15) is 44.6 Å². The predicted octanol–water partition coefficient (Wildman–Crippen LogP) is 2.98. The number of amides is 1. The number of halogens is 1. The Hall–Kier alpha value is -1.95. The average Bonchev–Trinajstić information content (AvgIpc) is 3.06. The van der Waals surface area contributed by atoms with Crippen molar-refractivity contribution in [2.24, 2.45) is 0 Å². The van der Waals surface area contributed by atoms with Crippen molar-refractivity contribution in [1.82, 2.24) is 4.90 Å². The van der Waals surface area contributed by atoms with E-state index in [4.69, 9.17) is 9.84 Å². The monoisotopic (exact) mass is 337 g/mol. The molecule has 1 unspecified atom stereocenters. The van der Waals surface area contributed by atoms with Crippen LogP contribution in [-0.4, -0.2) is 40.6 Å². The number of carboxylic acid groups (broad SMARTS) is 1. The molecule has 5 nitrogen and oxygen atoms in total. The van der Waals surface area contributed by atoms with Gasteiger partial charge in [-0.05, 0) is 37.0 Å². The molecule has 0 bridgehead atoms. The maximum Gasteiger partial charge on any atom is 0.323 e. The number of aliphatic carboxylic acids is 1. The summed E-state index contributed by atoms with van der Waals surface area (Å²) in [6.07, 6.45) is 4.04. The van der Waals surface area contributed by atoms with Crippen molar-refractivity contribution in [3.63, 3.8) is 0 Å². The van der Waals surface area contributed by atoms with Crippen LogP contribution in [0, 0.1) is 5.82 Å². The molecular weight excluding hydrogens is 313 g/mol. The van der Waals surface area contributed by atoms with Crippen LogP contribution in [0.15, 0.2) is 24.3 Å². The van der Waals surface area contributed by atoms with Gasteiger partial charge in [-0.15, -0.1) is 0 Å². The first-order valence-corrected chi connectivity index (χ1v) is 8.40. The van der Waals surface area contributed by atoms with Crippen molar-refractivity contribution in [1.29, 1.82) is 0 Å². The van der Waals surface area contributed by atoms with E-state index in [2.05, 4.69) is 0 Å². The highest BCUT2D eigenvalue weighted by molar-refractivity contribution is 5.84. The van der Waals surface area contributed by atoms with Crippen LogP contribution in [0.2, 0.25) is 0 Å². The van der Waals surface area contributed by atoms with Crippen LogP contribution in [0.5, 0.6) is 0 Å². The van der Waals surface area contributed by atoms with Crippen molar-refractivity contribution in [3.05, 3.63) is 35.6 Å². The first-order chi connectivity index (χ1) is 11.5. The minimum Gasteiger partial charge on any atom is -0.480 e. The minimum atomic E-state index is -1.08. The molecule has 0 heterocycles. The van der Waals surface area contributed by atoms with E-state index in [1.165, 1.54) is 17.0 Å². The molecule has 1 fully saturated rings. The smallest absolute Gasteiger partial charge is 0.323 e. The second-order valence-electron chi connectivity index (χ2n) is 6.15. The summed E-state index contributed by atoms with van der Waals surface area (Å²) in [5.74, 6) is -1.77. The van der Waals surface area contributed by atoms with Crippen molar-refractivity contribution in [3.8, 4) is 0 Å². The Kier molecular flexibility index (Phi) is 6.73. The van der Waals surface area contributed by atoms with Crippen molar-refractivity contribution in [2.75, 3.05) is 6.54 Å². The van der Waals surface area contributed by atoms with Gasteiger partial charge in [0.1, 0.15) is 18.5 Å². The van der Waals surface area contributed by atoms with Gasteiger partial charge in [0.2, 0.25) is 0 Å². The molecule has 1 amide bonds. The first-order valence-electron chi connectivity index (χ1n) is 8.40. The first kappa shape index (κ1) is 18.4. The minimum absolute atomic E-state index is 0.0800. The molecule has 6 heteroatoms. The standard InChI is InChI=1S/C18H24FNO4/c1-2-16(24-15-5-3-4-6-15)18(23)20(12-17(21)22)11-13-7-9-14(19)10-8-13/h7-10,15-16H,2-6,11-12H2,1H3,(H,21,22). The summed E-state index contributed by atoms with van der Waals surface area (Å²) in [6, 6.07) is 5.70. The van der Waals surface area contributed by atoms with Crippen LogP contribution in [0.3, 0.4) is 0 Å². The van der Waals surface area contributed by atoms with Gasteiger partial charge in [-0.1, -0.05) is 31.9 Å². The van der Waals surface area contributed by atoms with Crippen LogP contribution >= 0.6 is 0 Å². The van der Waals surface area contributed by atoms with Gasteiger partial charge < -0.3 is 14.7 Å². The normalized spacial score (nSPS) is 16.1. The van der Waals surface area contributed by atoms with E-state index in [1.807, 2.05) is 6.92 Å². The number of carbonyl (C=O) groups excluding carboxylic acids is 1. The average molecular weight is 337 g/mol. The van der Waals surface area contributed by atoms with Gasteiger partial charge in [0, 0.05) is 6.54 Å². The molecule has 1 aromatic rings. The molecule has 1 N–H and O–H groups in total. The summed E-state index contributed by atoms with van der Waals surface area (Å²) in [4.78, 5) is 25.1. The summed E-state index contributed by atoms with van der Waals surface area (Å²) >= 11 is 0. The third-order valence-corrected chi connectivity index (χ3v) is 4.23. The second-order valence-corrected chi connectivity index (χ2v) is 6.15. The fraction of sp³-hybridized carbons (Fsp3) is 0.556. The maximum absolute atomic E-state index is 13.0. The molecular formula is C18H24FNO4. The zero-order valence-corrected chi connectivity index (χ0v) is 13.9. The molecule has 0 saturated heterocycles. The summed E-state index contributed by atoms with van der Waals surface area (Å²) in [5.41, 5.74) is 0.682. The van der Waals surface area contributed by atoms with Crippen LogP contribution in [0.4, 0.5) is 4.39 Å². The van der Waals surface area contributed by atoms with E-state index >= 15 is 0 Å². The van der Waals surface area contributed by atoms with Gasteiger partial charge in [-0.25, -0.2) is 4.39 Å². The highest BCUT2D eigenvalue weighted by atomic mass is 19.1. The van der Waals surface area contributed by atoms with Crippen LogP contribution in [0.25, 0.3) is 0 Å². The molecule has 0 aromatic heterocycles. The van der Waals surface area contributed by atoms with Crippen molar-refractivity contribution in [2.45, 2.75) is 57.8 Å². The highest BCUT2D eigenvalue weighted by Crippen LogP contribution is 2.23. The van der Waals surface area contributed by atoms with E-state index in [9.17, 15) is 14.0 Å². The third kappa shape index (κ3) is 5.30. The maximum atomic E-state index is 13.0. The molecule has 0 aliphatic heterocycles. The van der Waals surface area contributed by atoms with Crippen LogP contribution < -0.4 is 0 Å². The molecule has 24 heavy (non-hydrogen) atoms. The largest absolute Gasteiger partial charge is 0.480 e. The number of carboxylic acids is 1.